The molecular formula is C52H72Cl2N2O9S. The summed E-state index contributed by atoms with van der Waals surface area (Å²) in [6.45, 7) is 21.4. The van der Waals surface area contributed by atoms with Crippen molar-refractivity contribution in [1.82, 2.24) is 9.80 Å². The Morgan fingerprint density at radius 3 is 1.36 bits per heavy atom. The summed E-state index contributed by atoms with van der Waals surface area (Å²) in [5.41, 5.74) is 9.54. The molecule has 2 saturated heterocycles. The highest BCUT2D eigenvalue weighted by Crippen LogP contribution is 2.58. The number of nitrogens with zero attached hydrogens (tertiary/aromatic N) is 2. The van der Waals surface area contributed by atoms with E-state index in [2.05, 4.69) is 65.8 Å². The predicted molar refractivity (Wildman–Crippen MR) is 266 cm³/mol. The number of ether oxygens (including phenoxy) is 5. The normalized spacial score (nSPS) is 27.6. The van der Waals surface area contributed by atoms with Gasteiger partial charge in [-0.3, -0.25) is 14.4 Å². The van der Waals surface area contributed by atoms with Crippen LogP contribution in [-0.4, -0.2) is 101 Å². The third-order valence-corrected chi connectivity index (χ3v) is 14.6. The summed E-state index contributed by atoms with van der Waals surface area (Å²) in [5, 5.41) is 11.1. The molecule has 1 amide bonds. The van der Waals surface area contributed by atoms with Gasteiger partial charge in [0.2, 0.25) is 0 Å². The fraction of sp³-hybridized carbons (Fsp3) is 0.615. The van der Waals surface area contributed by atoms with Gasteiger partial charge in [0.1, 0.15) is 11.5 Å². The second kappa shape index (κ2) is 20.3. The average Bonchev–Trinajstić information content (AvgIpc) is 4.05. The molecule has 0 radical (unpaired) electrons. The van der Waals surface area contributed by atoms with E-state index in [9.17, 15) is 19.5 Å². The lowest BCUT2D eigenvalue weighted by atomic mass is 9.86. The van der Waals surface area contributed by atoms with Crippen LogP contribution in [0.25, 0.3) is 11.1 Å². The summed E-state index contributed by atoms with van der Waals surface area (Å²) >= 11 is 10.4. The maximum atomic E-state index is 14.0. The fourth-order valence-corrected chi connectivity index (χ4v) is 11.2. The van der Waals surface area contributed by atoms with Gasteiger partial charge in [-0.25, -0.2) is 0 Å². The molecule has 11 nitrogen and oxygen atoms in total. The zero-order valence-corrected chi connectivity index (χ0v) is 43.9. The zero-order chi connectivity index (χ0) is 48.1. The third-order valence-electron chi connectivity index (χ3n) is 13.8. The highest BCUT2D eigenvalue weighted by atomic mass is 35.5. The second-order valence-electron chi connectivity index (χ2n) is 20.2. The first-order chi connectivity index (χ1) is 30.3. The number of ketones is 2. The number of aliphatic hydroxyl groups is 1. The van der Waals surface area contributed by atoms with Gasteiger partial charge in [0, 0.05) is 51.9 Å². The van der Waals surface area contributed by atoms with Crippen LogP contribution in [-0.2, 0) is 59.0 Å². The predicted octanol–water partition coefficient (Wildman–Crippen LogP) is 10.7. The van der Waals surface area contributed by atoms with Crippen LogP contribution >= 0.6 is 36.2 Å². The Hall–Kier alpha value is -3.36. The lowest BCUT2D eigenvalue weighted by molar-refractivity contribution is -0.161. The van der Waals surface area contributed by atoms with E-state index >= 15 is 0 Å². The van der Waals surface area contributed by atoms with Crippen LogP contribution in [0.2, 0.25) is 0 Å². The second-order valence-corrected chi connectivity index (χ2v) is 20.8. The molecule has 2 aromatic carbocycles. The molecule has 8 rings (SSSR count). The lowest BCUT2D eigenvalue weighted by Gasteiger charge is -2.26. The molecule has 1 N–H and O–H groups in total. The van der Waals surface area contributed by atoms with E-state index in [-0.39, 0.29) is 53.4 Å². The molecule has 6 aliphatic rings. The zero-order valence-electron chi connectivity index (χ0n) is 41.5. The van der Waals surface area contributed by atoms with Gasteiger partial charge < -0.3 is 38.6 Å². The number of benzene rings is 2. The highest BCUT2D eigenvalue weighted by molar-refractivity contribution is 7.80. The van der Waals surface area contributed by atoms with E-state index in [4.69, 9.17) is 47.5 Å². The van der Waals surface area contributed by atoms with Gasteiger partial charge in [-0.05, 0) is 150 Å². The van der Waals surface area contributed by atoms with Crippen LogP contribution in [0.4, 0.5) is 4.79 Å². The first kappa shape index (κ1) is 53.6. The Kier molecular flexibility index (Phi) is 16.5. The number of fused-ring (bicyclic) bond motifs is 2. The number of allylic oxidation sites excluding steroid dienone is 4. The van der Waals surface area contributed by atoms with Gasteiger partial charge in [-0.2, -0.15) is 0 Å². The number of hydrogen-bond acceptors (Lipinski definition) is 10. The molecular weight excluding hydrogens is 900 g/mol. The molecule has 2 aliphatic heterocycles. The van der Waals surface area contributed by atoms with Crippen LogP contribution in [0.3, 0.4) is 0 Å². The quantitative estimate of drug-likeness (QED) is 0.162. The van der Waals surface area contributed by atoms with Crippen molar-refractivity contribution in [3.05, 3.63) is 80.3 Å². The number of hydrogen-bond donors (Lipinski definition) is 1. The topological polar surface area (TPSA) is 124 Å². The molecule has 2 saturated carbocycles. The van der Waals surface area contributed by atoms with Crippen molar-refractivity contribution in [3.63, 3.8) is 0 Å². The van der Waals surface area contributed by atoms with E-state index < -0.39 is 28.1 Å². The minimum atomic E-state index is -0.629. The molecule has 0 aromatic heterocycles. The molecule has 2 aromatic rings. The van der Waals surface area contributed by atoms with Crippen molar-refractivity contribution < 1.29 is 43.2 Å². The van der Waals surface area contributed by atoms with E-state index in [1.165, 1.54) is 27.2 Å². The van der Waals surface area contributed by atoms with Gasteiger partial charge in [-0.15, -0.1) is 12.4 Å². The van der Waals surface area contributed by atoms with Crippen molar-refractivity contribution in [3.8, 4) is 0 Å². The van der Waals surface area contributed by atoms with E-state index in [1.54, 1.807) is 19.0 Å². The standard InChI is InChI=1S/C26H35NO4S.C23H30O4.C3H6ClNO.ClH/c1-8-16-10-15(3)11-17(9-2)20(16)21-22(28)18-12-26(14-29-25(4,5)31-26)13-19(18)23(21)30-24(32)27(6)7;1-6-14-8-13(3)9-15(7-2)18(14)19-20(24)16-10-23(11-17(16)21(19)25)12-26-22(4,5)27-23;1-5(2)3(4)6;/h10-11,18-19H,8-9,12-14H2,1-7H3;8-9,16-17,24H,6-7,10-12H2,1-5H3;1-2H3;1H. The van der Waals surface area contributed by atoms with Crippen LogP contribution < -0.4 is 0 Å². The minimum Gasteiger partial charge on any atom is -0.511 e. The van der Waals surface area contributed by atoms with Crippen molar-refractivity contribution in [2.24, 2.45) is 23.7 Å². The number of amides is 1. The number of carbonyl (C=O) groups excluding carboxylic acids is 3. The first-order valence-corrected chi connectivity index (χ1v) is 24.1. The monoisotopic (exact) mass is 970 g/mol. The molecule has 6 unspecified atom stereocenters. The number of thiocarbonyl (C=S) groups is 1. The Bertz CT molecular complexity index is 2250. The van der Waals surface area contributed by atoms with E-state index in [1.807, 2.05) is 41.8 Å². The SMILES string of the molecule is CCc1cc(C)cc(CC)c1C1=C(O)C2CC3(COC(C)(C)O3)CC2C1=O.CCc1cc(C)cc(CC)c1C1=C(OC(=S)N(C)C)C2CC3(COC(C)(C)O3)CC2C1=O.CN(C)C(=O)Cl.Cl. The molecule has 6 atom stereocenters. The van der Waals surface area contributed by atoms with Crippen molar-refractivity contribution in [1.29, 1.82) is 0 Å². The Balaban J connectivity index is 0.000000220. The fourth-order valence-electron chi connectivity index (χ4n) is 11.1. The summed E-state index contributed by atoms with van der Waals surface area (Å²) in [6, 6.07) is 8.69. The molecule has 14 heteroatoms. The van der Waals surface area contributed by atoms with Gasteiger partial charge in [0.15, 0.2) is 23.1 Å². The largest absolute Gasteiger partial charge is 0.511 e. The Morgan fingerprint density at radius 1 is 0.682 bits per heavy atom. The number of aliphatic hydroxyl groups excluding tert-OH is 1. The molecule has 364 valence electrons. The number of Topliss-reactive ketones (excluding diaryl/α,β-unsaturated/α-hetero) is 2. The lowest BCUT2D eigenvalue weighted by Crippen LogP contribution is -2.33. The van der Waals surface area contributed by atoms with Crippen molar-refractivity contribution in [2.45, 2.75) is 143 Å². The minimum absolute atomic E-state index is 0. The maximum Gasteiger partial charge on any atom is 0.315 e. The van der Waals surface area contributed by atoms with Crippen LogP contribution in [0.15, 0.2) is 35.8 Å². The molecule has 2 heterocycles. The summed E-state index contributed by atoms with van der Waals surface area (Å²) in [6.07, 6.45) is 6.04. The number of halogens is 2. The smallest absolute Gasteiger partial charge is 0.315 e. The third kappa shape index (κ3) is 10.6. The first-order valence-electron chi connectivity index (χ1n) is 23.3. The molecule has 2 spiro atoms. The summed E-state index contributed by atoms with van der Waals surface area (Å²) in [4.78, 5) is 40.3. The number of aryl methyl sites for hydroxylation is 6. The Labute approximate surface area is 409 Å². The summed E-state index contributed by atoms with van der Waals surface area (Å²) in [7, 11) is 6.92. The van der Waals surface area contributed by atoms with Crippen molar-refractivity contribution >= 4 is 69.5 Å². The molecule has 0 bridgehead atoms. The molecule has 4 fully saturated rings. The van der Waals surface area contributed by atoms with Gasteiger partial charge in [0.05, 0.1) is 35.6 Å². The summed E-state index contributed by atoms with van der Waals surface area (Å²) < 4.78 is 30.5. The van der Waals surface area contributed by atoms with Gasteiger partial charge in [-0.1, -0.05) is 63.1 Å². The van der Waals surface area contributed by atoms with Crippen LogP contribution in [0, 0.1) is 37.5 Å². The van der Waals surface area contributed by atoms with Gasteiger partial charge >= 0.3 is 5.37 Å². The molecule has 4 aliphatic carbocycles. The van der Waals surface area contributed by atoms with Crippen molar-refractivity contribution in [2.75, 3.05) is 41.4 Å². The van der Waals surface area contributed by atoms with E-state index in [0.29, 0.717) is 49.6 Å². The average molecular weight is 972 g/mol. The number of rotatable bonds is 7. The molecule has 66 heavy (non-hydrogen) atoms. The van der Waals surface area contributed by atoms with Gasteiger partial charge in [0.25, 0.3) is 5.17 Å². The van der Waals surface area contributed by atoms with Crippen LogP contribution in [0.5, 0.6) is 0 Å². The maximum absolute atomic E-state index is 14.0. The van der Waals surface area contributed by atoms with Crippen LogP contribution in [0.1, 0.15) is 126 Å². The summed E-state index contributed by atoms with van der Waals surface area (Å²) in [5.74, 6) is -0.598. The number of carbonyl (C=O) groups is 3. The Morgan fingerprint density at radius 2 is 1.03 bits per heavy atom. The van der Waals surface area contributed by atoms with E-state index in [0.717, 1.165) is 59.3 Å². The highest BCUT2D eigenvalue weighted by Gasteiger charge is 2.61.